The smallest absolute Gasteiger partial charge is 0.325 e. The lowest BCUT2D eigenvalue weighted by Gasteiger charge is -2.34. The summed E-state index contributed by atoms with van der Waals surface area (Å²) in [5.74, 6) is 1.77. The molecule has 3 atom stereocenters. The Morgan fingerprint density at radius 3 is 1.27 bits per heavy atom. The molecule has 0 radical (unpaired) electrons. The second-order valence-corrected chi connectivity index (χ2v) is 16.7. The first-order valence-electron chi connectivity index (χ1n) is 16.5. The van der Waals surface area contributed by atoms with Gasteiger partial charge in [-0.2, -0.15) is 0 Å². The van der Waals surface area contributed by atoms with Crippen LogP contribution >= 0.6 is 0 Å². The summed E-state index contributed by atoms with van der Waals surface area (Å²) in [5, 5.41) is 0. The molecular weight excluding hydrogens is 546 g/mol. The average Bonchev–Trinajstić information content (AvgIpc) is 3.59. The van der Waals surface area contributed by atoms with Crippen LogP contribution in [0.15, 0.2) is 24.3 Å². The Labute approximate surface area is 269 Å². The fourth-order valence-corrected chi connectivity index (χ4v) is 6.58. The van der Waals surface area contributed by atoms with E-state index in [9.17, 15) is 4.79 Å². The number of nitrogens with zero attached hydrogens (tertiary/aromatic N) is 1. The Bertz CT molecular complexity index is 1180. The Morgan fingerprint density at radius 1 is 0.682 bits per heavy atom. The number of carbonyl (C=O) groups excluding carboxylic acids is 1. The van der Waals surface area contributed by atoms with E-state index in [0.29, 0.717) is 6.61 Å². The van der Waals surface area contributed by atoms with Gasteiger partial charge >= 0.3 is 5.97 Å². The standard InChI is InChI=1S/C39H61NO4/c1-17-19-30-32(35(41)44-18-2)40(30)31(24-20-26(36(3,4)5)33(42-15)27(21-24)37(6,7)8)25-22-28(38(9,10)11)34(43-16)29(23-25)39(12,13)14/h20-23,30-32H,17-19H2,1-16H3/t30-,32-,40?/m1/s1. The van der Waals surface area contributed by atoms with Crippen LogP contribution < -0.4 is 9.47 Å². The normalized spacial score (nSPS) is 19.2. The average molecular weight is 608 g/mol. The molecule has 0 amide bonds. The molecule has 0 aromatic heterocycles. The summed E-state index contributed by atoms with van der Waals surface area (Å²) < 4.78 is 18.0. The van der Waals surface area contributed by atoms with Gasteiger partial charge in [0, 0.05) is 28.3 Å². The van der Waals surface area contributed by atoms with E-state index in [4.69, 9.17) is 14.2 Å². The first-order chi connectivity index (χ1) is 20.1. The molecule has 0 N–H and O–H groups in total. The highest BCUT2D eigenvalue weighted by Crippen LogP contribution is 2.51. The van der Waals surface area contributed by atoms with Gasteiger partial charge < -0.3 is 14.2 Å². The molecule has 0 spiro atoms. The molecule has 1 aliphatic heterocycles. The molecule has 5 heteroatoms. The van der Waals surface area contributed by atoms with Gasteiger partial charge in [0.05, 0.1) is 26.9 Å². The third-order valence-corrected chi connectivity index (χ3v) is 8.88. The topological polar surface area (TPSA) is 47.8 Å². The summed E-state index contributed by atoms with van der Waals surface area (Å²) in [4.78, 5) is 15.9. The summed E-state index contributed by atoms with van der Waals surface area (Å²) in [6, 6.07) is 9.01. The summed E-state index contributed by atoms with van der Waals surface area (Å²) in [5.41, 5.74) is 6.45. The fourth-order valence-electron chi connectivity index (χ4n) is 6.58. The van der Waals surface area contributed by atoms with Crippen molar-refractivity contribution in [2.45, 2.75) is 150 Å². The number of methoxy groups -OCH3 is 2. The molecule has 1 heterocycles. The molecule has 0 bridgehead atoms. The van der Waals surface area contributed by atoms with Crippen molar-refractivity contribution in [1.29, 1.82) is 0 Å². The van der Waals surface area contributed by atoms with Crippen LogP contribution in [0.2, 0.25) is 0 Å². The van der Waals surface area contributed by atoms with Crippen molar-refractivity contribution in [2.75, 3.05) is 20.8 Å². The van der Waals surface area contributed by atoms with Gasteiger partial charge in [-0.15, -0.1) is 0 Å². The van der Waals surface area contributed by atoms with Crippen LogP contribution in [-0.4, -0.2) is 43.8 Å². The SMILES string of the molecule is CCC[C@@H]1[C@H](C(=O)OCC)N1C(c1cc(C(C)(C)C)c(OC)c(C(C)(C)C)c1)c1cc(C(C)(C)C)c(OC)c(C(C)(C)C)c1. The number of hydrogen-bond donors (Lipinski definition) is 0. The lowest BCUT2D eigenvalue weighted by Crippen LogP contribution is -2.25. The lowest BCUT2D eigenvalue weighted by molar-refractivity contribution is -0.143. The number of esters is 1. The second kappa shape index (κ2) is 12.7. The molecule has 1 unspecified atom stereocenters. The van der Waals surface area contributed by atoms with Gasteiger partial charge in [0.15, 0.2) is 0 Å². The van der Waals surface area contributed by atoms with Crippen molar-refractivity contribution in [2.24, 2.45) is 0 Å². The van der Waals surface area contributed by atoms with Gasteiger partial charge in [-0.3, -0.25) is 9.69 Å². The third kappa shape index (κ3) is 7.30. The monoisotopic (exact) mass is 607 g/mol. The van der Waals surface area contributed by atoms with E-state index in [-0.39, 0.29) is 45.8 Å². The Kier molecular flexibility index (Phi) is 10.4. The number of benzene rings is 2. The number of ether oxygens (including phenoxy) is 3. The van der Waals surface area contributed by atoms with E-state index in [1.807, 2.05) is 6.92 Å². The van der Waals surface area contributed by atoms with Crippen LogP contribution in [0.4, 0.5) is 0 Å². The minimum Gasteiger partial charge on any atom is -0.496 e. The summed E-state index contributed by atoms with van der Waals surface area (Å²) in [6.45, 7) is 31.4. The van der Waals surface area contributed by atoms with Crippen LogP contribution in [-0.2, 0) is 31.2 Å². The lowest BCUT2D eigenvalue weighted by atomic mass is 9.75. The summed E-state index contributed by atoms with van der Waals surface area (Å²) in [6.07, 6.45) is 1.93. The van der Waals surface area contributed by atoms with E-state index in [0.717, 1.165) is 24.3 Å². The molecule has 5 nitrogen and oxygen atoms in total. The van der Waals surface area contributed by atoms with Crippen molar-refractivity contribution < 1.29 is 19.0 Å². The van der Waals surface area contributed by atoms with Gasteiger partial charge in [0.1, 0.15) is 17.5 Å². The zero-order valence-electron chi connectivity index (χ0n) is 30.7. The predicted octanol–water partition coefficient (Wildman–Crippen LogP) is 9.40. The van der Waals surface area contributed by atoms with Crippen molar-refractivity contribution in [3.63, 3.8) is 0 Å². The molecule has 2 aromatic carbocycles. The molecule has 1 fully saturated rings. The van der Waals surface area contributed by atoms with Crippen molar-refractivity contribution in [3.05, 3.63) is 57.6 Å². The molecule has 3 rings (SSSR count). The third-order valence-electron chi connectivity index (χ3n) is 8.88. The van der Waals surface area contributed by atoms with Gasteiger partial charge in [-0.05, 0) is 70.4 Å². The first-order valence-corrected chi connectivity index (χ1v) is 16.5. The molecule has 246 valence electrons. The highest BCUT2D eigenvalue weighted by atomic mass is 16.5. The van der Waals surface area contributed by atoms with E-state index < -0.39 is 0 Å². The maximum atomic E-state index is 13.5. The predicted molar refractivity (Wildman–Crippen MR) is 184 cm³/mol. The maximum absolute atomic E-state index is 13.5. The number of hydrogen-bond acceptors (Lipinski definition) is 5. The van der Waals surface area contributed by atoms with Gasteiger partial charge in [0.2, 0.25) is 0 Å². The van der Waals surface area contributed by atoms with E-state index in [1.165, 1.54) is 33.4 Å². The number of rotatable bonds is 9. The van der Waals surface area contributed by atoms with Gasteiger partial charge in [0.25, 0.3) is 0 Å². The zero-order chi connectivity index (χ0) is 33.6. The molecule has 0 aliphatic carbocycles. The summed E-state index contributed by atoms with van der Waals surface area (Å²) >= 11 is 0. The molecule has 2 aromatic rings. The minimum atomic E-state index is -0.281. The quantitative estimate of drug-likeness (QED) is 0.210. The van der Waals surface area contributed by atoms with Crippen molar-refractivity contribution in [1.82, 2.24) is 4.90 Å². The van der Waals surface area contributed by atoms with Crippen LogP contribution in [0.5, 0.6) is 11.5 Å². The minimum absolute atomic E-state index is 0.112. The van der Waals surface area contributed by atoms with Crippen LogP contribution in [0.25, 0.3) is 0 Å². The van der Waals surface area contributed by atoms with Crippen LogP contribution in [0, 0.1) is 0 Å². The van der Waals surface area contributed by atoms with E-state index in [1.54, 1.807) is 14.2 Å². The van der Waals surface area contributed by atoms with Gasteiger partial charge in [-0.25, -0.2) is 0 Å². The Morgan fingerprint density at radius 2 is 1.02 bits per heavy atom. The fraction of sp³-hybridized carbons (Fsp3) is 0.667. The van der Waals surface area contributed by atoms with Gasteiger partial charge in [-0.1, -0.05) is 96.4 Å². The first kappa shape index (κ1) is 35.9. The zero-order valence-corrected chi connectivity index (χ0v) is 30.7. The molecule has 1 aliphatic rings. The molecule has 44 heavy (non-hydrogen) atoms. The van der Waals surface area contributed by atoms with Crippen molar-refractivity contribution in [3.8, 4) is 11.5 Å². The van der Waals surface area contributed by atoms with Crippen molar-refractivity contribution >= 4 is 5.97 Å². The van der Waals surface area contributed by atoms with E-state index in [2.05, 4.69) is 119 Å². The molecule has 0 saturated carbocycles. The summed E-state index contributed by atoms with van der Waals surface area (Å²) in [7, 11) is 3.56. The Balaban J connectivity index is 2.52. The second-order valence-electron chi connectivity index (χ2n) is 16.7. The largest absolute Gasteiger partial charge is 0.496 e. The highest BCUT2D eigenvalue weighted by Gasteiger charge is 2.57. The molecular formula is C39H61NO4. The maximum Gasteiger partial charge on any atom is 0.325 e. The van der Waals surface area contributed by atoms with E-state index >= 15 is 0 Å². The van der Waals surface area contributed by atoms with Crippen LogP contribution in [0.3, 0.4) is 0 Å². The number of carbonyl (C=O) groups is 1. The van der Waals surface area contributed by atoms with Crippen LogP contribution in [0.1, 0.15) is 149 Å². The Hall–Kier alpha value is -2.53. The highest BCUT2D eigenvalue weighted by molar-refractivity contribution is 5.80. The molecule has 1 saturated heterocycles.